The molecule has 8 aromatic carbocycles. The number of benzene rings is 6. The van der Waals surface area contributed by atoms with E-state index in [4.69, 9.17) is 17.0 Å². The molecule has 250 valence electrons. The van der Waals surface area contributed by atoms with Crippen LogP contribution in [0.3, 0.4) is 0 Å². The van der Waals surface area contributed by atoms with Crippen LogP contribution >= 0.6 is 17.0 Å². The van der Waals surface area contributed by atoms with Crippen LogP contribution in [0.2, 0.25) is 13.1 Å². The first kappa shape index (κ1) is 38.0. The molecular weight excluding hydrogens is 743 g/mol. The molecule has 0 atom stereocenters. The summed E-state index contributed by atoms with van der Waals surface area (Å²) in [5.74, 6) is 0. The van der Waals surface area contributed by atoms with E-state index < -0.39 is 20.8 Å². The van der Waals surface area contributed by atoms with Gasteiger partial charge in [0.05, 0.1) is 0 Å². The number of aryl methyl sites for hydroxylation is 2. The molecule has 4 heteroatoms. The molecule has 0 nitrogen and oxygen atoms in total. The molecule has 0 fully saturated rings. The Kier molecular flexibility index (Phi) is 14.7. The standard InChI is InChI=1S/2C22H19.C2H6Si.2ClH.Zr/c2*1-2-6-16-13-19-9-5-10-21(22(19)14-16)20-12-11-17-7-3-4-8-18(17)15-20;1-3-2;;;/h2*3-5,7-15H,2,6H2,1H3;1-2H3;2*1H;/q2*-1;;;;+4/p-2. The normalized spacial score (nSPS) is 10.5. The molecule has 0 bridgehead atoms. The van der Waals surface area contributed by atoms with E-state index in [9.17, 15) is 0 Å². The molecule has 0 saturated heterocycles. The van der Waals surface area contributed by atoms with Crippen molar-refractivity contribution in [1.29, 1.82) is 0 Å². The van der Waals surface area contributed by atoms with Crippen LogP contribution < -0.4 is 0 Å². The second-order valence-corrected chi connectivity index (χ2v) is 17.3. The van der Waals surface area contributed by atoms with Crippen molar-refractivity contribution in [2.75, 3.05) is 0 Å². The van der Waals surface area contributed by atoms with Crippen LogP contribution in [0, 0.1) is 0 Å². The zero-order valence-corrected chi connectivity index (χ0v) is 34.4. The Balaban J connectivity index is 0.000000168. The maximum atomic E-state index is 4.93. The Bertz CT molecular complexity index is 2100. The van der Waals surface area contributed by atoms with Crippen LogP contribution in [-0.4, -0.2) is 9.52 Å². The maximum absolute atomic E-state index is 4.93. The number of halogens is 2. The van der Waals surface area contributed by atoms with Gasteiger partial charge in [-0.3, -0.25) is 0 Å². The molecule has 2 radical (unpaired) electrons. The first-order valence-corrected chi connectivity index (χ1v) is 25.8. The first-order valence-electron chi connectivity index (χ1n) is 17.4. The number of hydrogen-bond donors (Lipinski definition) is 0. The van der Waals surface area contributed by atoms with Gasteiger partial charge in [-0.2, -0.15) is 12.1 Å². The third kappa shape index (κ3) is 9.54. The minimum absolute atomic E-state index is 0.826. The number of fused-ring (bicyclic) bond motifs is 4. The fourth-order valence-electron chi connectivity index (χ4n) is 6.68. The van der Waals surface area contributed by atoms with Crippen LogP contribution in [0.4, 0.5) is 0 Å². The molecular formula is C46H44Cl2SiZr. The van der Waals surface area contributed by atoms with Crippen molar-refractivity contribution in [1.82, 2.24) is 0 Å². The third-order valence-corrected chi connectivity index (χ3v) is 8.82. The molecule has 0 unspecified atom stereocenters. The van der Waals surface area contributed by atoms with Gasteiger partial charge in [-0.1, -0.05) is 136 Å². The zero-order chi connectivity index (χ0) is 35.3. The molecule has 0 spiro atoms. The number of rotatable bonds is 6. The van der Waals surface area contributed by atoms with Gasteiger partial charge < -0.3 is 0 Å². The van der Waals surface area contributed by atoms with E-state index in [1.54, 1.807) is 0 Å². The second kappa shape index (κ2) is 19.4. The van der Waals surface area contributed by atoms with Crippen LogP contribution in [0.1, 0.15) is 37.8 Å². The van der Waals surface area contributed by atoms with Gasteiger partial charge in [-0.25, -0.2) is 0 Å². The number of hydrogen-bond acceptors (Lipinski definition) is 0. The zero-order valence-electron chi connectivity index (χ0n) is 29.4. The monoisotopic (exact) mass is 784 g/mol. The average Bonchev–Trinajstić information content (AvgIpc) is 3.76. The Hall–Kier alpha value is -3.26. The molecule has 0 saturated carbocycles. The average molecular weight is 787 g/mol. The quantitative estimate of drug-likeness (QED) is 0.116. The van der Waals surface area contributed by atoms with E-state index in [1.165, 1.54) is 89.3 Å². The summed E-state index contributed by atoms with van der Waals surface area (Å²) in [5, 5.41) is 10.7. The summed E-state index contributed by atoms with van der Waals surface area (Å²) in [4.78, 5) is 0. The molecule has 0 aliphatic carbocycles. The van der Waals surface area contributed by atoms with E-state index in [0.717, 1.165) is 22.4 Å². The van der Waals surface area contributed by atoms with Crippen molar-refractivity contribution in [2.24, 2.45) is 0 Å². The summed E-state index contributed by atoms with van der Waals surface area (Å²) in [7, 11) is 11.0. The SMILES string of the molecule is CCCc1cc2c(-c3ccc4ccccc4c3)cccc2[cH-]1.CCCc1cc2c(-c3ccc4ccccc4c3)cccc2[cH-]1.C[Si]C.[Cl][Zr+2][Cl]. The van der Waals surface area contributed by atoms with Gasteiger partial charge in [0, 0.05) is 9.52 Å². The van der Waals surface area contributed by atoms with Gasteiger partial charge in [0.1, 0.15) is 0 Å². The Labute approximate surface area is 319 Å². The predicted octanol–water partition coefficient (Wildman–Crippen LogP) is 14.8. The van der Waals surface area contributed by atoms with Crippen LogP contribution in [-0.2, 0) is 33.7 Å². The van der Waals surface area contributed by atoms with E-state index in [1.807, 2.05) is 0 Å². The Morgan fingerprint density at radius 1 is 0.500 bits per heavy atom. The molecule has 0 aromatic heterocycles. The Morgan fingerprint density at radius 3 is 1.26 bits per heavy atom. The van der Waals surface area contributed by atoms with Crippen LogP contribution in [0.5, 0.6) is 0 Å². The van der Waals surface area contributed by atoms with Gasteiger partial charge in [-0.05, 0) is 57.6 Å². The van der Waals surface area contributed by atoms with Crippen molar-refractivity contribution < 1.29 is 20.8 Å². The van der Waals surface area contributed by atoms with Crippen LogP contribution in [0.15, 0.2) is 146 Å². The summed E-state index contributed by atoms with van der Waals surface area (Å²) in [5.41, 5.74) is 8.18. The van der Waals surface area contributed by atoms with Crippen molar-refractivity contribution in [3.05, 3.63) is 157 Å². The summed E-state index contributed by atoms with van der Waals surface area (Å²) >= 11 is -0.826. The molecule has 0 heterocycles. The van der Waals surface area contributed by atoms with Crippen LogP contribution in [0.25, 0.3) is 65.3 Å². The molecule has 0 aliphatic heterocycles. The first-order chi connectivity index (χ1) is 24.5. The van der Waals surface area contributed by atoms with Crippen molar-refractivity contribution in [3.8, 4) is 22.3 Å². The van der Waals surface area contributed by atoms with Gasteiger partial charge in [0.15, 0.2) is 0 Å². The summed E-state index contributed by atoms with van der Waals surface area (Å²) < 4.78 is 0. The molecule has 0 N–H and O–H groups in total. The summed E-state index contributed by atoms with van der Waals surface area (Å²) in [6.07, 6.45) is 4.71. The van der Waals surface area contributed by atoms with Gasteiger partial charge in [-0.15, -0.1) is 69.1 Å². The van der Waals surface area contributed by atoms with Gasteiger partial charge in [0.2, 0.25) is 0 Å². The van der Waals surface area contributed by atoms with Crippen molar-refractivity contribution >= 4 is 69.6 Å². The topological polar surface area (TPSA) is 0 Å². The second-order valence-electron chi connectivity index (χ2n) is 12.5. The van der Waals surface area contributed by atoms with Gasteiger partial charge >= 0.3 is 37.9 Å². The fourth-order valence-corrected chi connectivity index (χ4v) is 6.68. The molecule has 8 rings (SSSR count). The minimum atomic E-state index is -0.826. The van der Waals surface area contributed by atoms with Crippen molar-refractivity contribution in [2.45, 2.75) is 52.6 Å². The van der Waals surface area contributed by atoms with E-state index in [-0.39, 0.29) is 0 Å². The van der Waals surface area contributed by atoms with Gasteiger partial charge in [0.25, 0.3) is 0 Å². The third-order valence-electron chi connectivity index (χ3n) is 8.82. The summed E-state index contributed by atoms with van der Waals surface area (Å²) in [6.45, 7) is 8.78. The molecule has 8 aromatic rings. The predicted molar refractivity (Wildman–Crippen MR) is 222 cm³/mol. The van der Waals surface area contributed by atoms with E-state index in [0.29, 0.717) is 0 Å². The summed E-state index contributed by atoms with van der Waals surface area (Å²) in [6, 6.07) is 53.3. The van der Waals surface area contributed by atoms with Crippen molar-refractivity contribution in [3.63, 3.8) is 0 Å². The van der Waals surface area contributed by atoms with E-state index in [2.05, 4.69) is 173 Å². The van der Waals surface area contributed by atoms with E-state index >= 15 is 0 Å². The fraction of sp³-hybridized carbons (Fsp3) is 0.174. The molecule has 50 heavy (non-hydrogen) atoms. The Morgan fingerprint density at radius 2 is 0.880 bits per heavy atom. The molecule has 0 amide bonds. The molecule has 0 aliphatic rings.